The molecule has 1 aromatic rings. The number of nitrogens with two attached hydrogens (primary N) is 1. The summed E-state index contributed by atoms with van der Waals surface area (Å²) in [5.41, 5.74) is 8.38. The molecule has 0 spiro atoms. The van der Waals surface area contributed by atoms with E-state index < -0.39 is 11.7 Å². The number of benzene rings is 1. The fourth-order valence-electron chi connectivity index (χ4n) is 2.40. The number of hydrogen-bond donors (Lipinski definition) is 2. The lowest BCUT2D eigenvalue weighted by Gasteiger charge is -2.21. The summed E-state index contributed by atoms with van der Waals surface area (Å²) in [6.45, 7) is 5.96. The van der Waals surface area contributed by atoms with Crippen LogP contribution in [-0.4, -0.2) is 24.3 Å². The van der Waals surface area contributed by atoms with Gasteiger partial charge in [0.2, 0.25) is 0 Å². The lowest BCUT2D eigenvalue weighted by atomic mass is 9.97. The number of carbonyl (C=O) groups is 1. The smallest absolute Gasteiger partial charge is 0.407 e. The second-order valence-electron chi connectivity index (χ2n) is 6.82. The van der Waals surface area contributed by atoms with Crippen molar-refractivity contribution in [3.8, 4) is 0 Å². The van der Waals surface area contributed by atoms with Crippen molar-refractivity contribution in [1.82, 2.24) is 5.32 Å². The molecule has 0 saturated heterocycles. The van der Waals surface area contributed by atoms with Crippen molar-refractivity contribution in [3.63, 3.8) is 0 Å². The van der Waals surface area contributed by atoms with Crippen LogP contribution in [0, 0.1) is 0 Å². The highest BCUT2D eigenvalue weighted by atomic mass is 16.6. The highest BCUT2D eigenvalue weighted by molar-refractivity contribution is 5.67. The SMILES string of the molecule is CC(C)(C)OC(=O)NCC(N)Cc1ccccc1C1CC1. The van der Waals surface area contributed by atoms with E-state index in [2.05, 4.69) is 29.6 Å². The van der Waals surface area contributed by atoms with Crippen LogP contribution in [0.25, 0.3) is 0 Å². The van der Waals surface area contributed by atoms with Crippen molar-refractivity contribution in [2.45, 2.75) is 57.6 Å². The van der Waals surface area contributed by atoms with Gasteiger partial charge in [-0.3, -0.25) is 0 Å². The van der Waals surface area contributed by atoms with E-state index in [1.54, 1.807) is 0 Å². The van der Waals surface area contributed by atoms with Gasteiger partial charge in [0.1, 0.15) is 5.60 Å². The van der Waals surface area contributed by atoms with E-state index in [0.29, 0.717) is 12.5 Å². The number of carbonyl (C=O) groups excluding carboxylic acids is 1. The van der Waals surface area contributed by atoms with E-state index >= 15 is 0 Å². The number of hydrogen-bond acceptors (Lipinski definition) is 3. The van der Waals surface area contributed by atoms with Crippen LogP contribution in [0.5, 0.6) is 0 Å². The molecule has 1 aromatic carbocycles. The van der Waals surface area contributed by atoms with Crippen molar-refractivity contribution in [3.05, 3.63) is 35.4 Å². The molecule has 1 aliphatic carbocycles. The van der Waals surface area contributed by atoms with Crippen LogP contribution in [0.4, 0.5) is 4.79 Å². The molecule has 0 aliphatic heterocycles. The molecule has 1 amide bonds. The Kier molecular flexibility index (Phi) is 4.88. The summed E-state index contributed by atoms with van der Waals surface area (Å²) in [4.78, 5) is 11.6. The summed E-state index contributed by atoms with van der Waals surface area (Å²) in [7, 11) is 0. The summed E-state index contributed by atoms with van der Waals surface area (Å²) in [6.07, 6.45) is 2.93. The third-order valence-electron chi connectivity index (χ3n) is 3.46. The summed E-state index contributed by atoms with van der Waals surface area (Å²) in [5.74, 6) is 0.715. The Morgan fingerprint density at radius 3 is 2.67 bits per heavy atom. The fourth-order valence-corrected chi connectivity index (χ4v) is 2.40. The molecule has 0 radical (unpaired) electrons. The van der Waals surface area contributed by atoms with E-state index in [1.807, 2.05) is 20.8 Å². The predicted molar refractivity (Wildman–Crippen MR) is 84.3 cm³/mol. The molecule has 0 heterocycles. The van der Waals surface area contributed by atoms with Crippen LogP contribution in [0.3, 0.4) is 0 Å². The van der Waals surface area contributed by atoms with E-state index in [9.17, 15) is 4.79 Å². The van der Waals surface area contributed by atoms with E-state index in [1.165, 1.54) is 24.0 Å². The van der Waals surface area contributed by atoms with Crippen molar-refractivity contribution in [2.24, 2.45) is 5.73 Å². The van der Waals surface area contributed by atoms with E-state index in [-0.39, 0.29) is 6.04 Å². The van der Waals surface area contributed by atoms with Crippen molar-refractivity contribution < 1.29 is 9.53 Å². The predicted octanol–water partition coefficient (Wildman–Crippen LogP) is 2.96. The van der Waals surface area contributed by atoms with Crippen LogP contribution in [-0.2, 0) is 11.2 Å². The fraction of sp³-hybridized carbons (Fsp3) is 0.588. The number of amides is 1. The molecule has 1 atom stereocenters. The van der Waals surface area contributed by atoms with Gasteiger partial charge in [-0.15, -0.1) is 0 Å². The monoisotopic (exact) mass is 290 g/mol. The molecule has 3 N–H and O–H groups in total. The molecule has 1 saturated carbocycles. The first kappa shape index (κ1) is 15.8. The van der Waals surface area contributed by atoms with E-state index in [4.69, 9.17) is 10.5 Å². The van der Waals surface area contributed by atoms with Crippen LogP contribution in [0.1, 0.15) is 50.7 Å². The third kappa shape index (κ3) is 5.38. The highest BCUT2D eigenvalue weighted by Gasteiger charge is 2.26. The van der Waals surface area contributed by atoms with Crippen molar-refractivity contribution >= 4 is 6.09 Å². The van der Waals surface area contributed by atoms with Crippen LogP contribution >= 0.6 is 0 Å². The average molecular weight is 290 g/mol. The van der Waals surface area contributed by atoms with Gasteiger partial charge in [-0.1, -0.05) is 24.3 Å². The van der Waals surface area contributed by atoms with Crippen LogP contribution in [0.15, 0.2) is 24.3 Å². The topological polar surface area (TPSA) is 64.3 Å². The van der Waals surface area contributed by atoms with Gasteiger partial charge in [-0.05, 0) is 57.1 Å². The molecule has 1 unspecified atom stereocenters. The lowest BCUT2D eigenvalue weighted by Crippen LogP contribution is -2.41. The highest BCUT2D eigenvalue weighted by Crippen LogP contribution is 2.41. The number of rotatable bonds is 5. The maximum Gasteiger partial charge on any atom is 0.407 e. The van der Waals surface area contributed by atoms with Gasteiger partial charge in [-0.2, -0.15) is 0 Å². The summed E-state index contributed by atoms with van der Waals surface area (Å²) < 4.78 is 5.20. The molecule has 0 bridgehead atoms. The largest absolute Gasteiger partial charge is 0.444 e. The standard InChI is InChI=1S/C17H26N2O2/c1-17(2,3)21-16(20)19-11-14(18)10-13-6-4-5-7-15(13)12-8-9-12/h4-7,12,14H,8-11,18H2,1-3H3,(H,19,20). The Bertz CT molecular complexity index is 490. The molecule has 4 nitrogen and oxygen atoms in total. The molecule has 1 aliphatic rings. The molecule has 116 valence electrons. The Labute approximate surface area is 127 Å². The molecule has 4 heteroatoms. The van der Waals surface area contributed by atoms with Gasteiger partial charge < -0.3 is 15.8 Å². The number of alkyl carbamates (subject to hydrolysis) is 1. The maximum atomic E-state index is 11.6. The van der Waals surface area contributed by atoms with Crippen molar-refractivity contribution in [2.75, 3.05) is 6.54 Å². The first-order valence-electron chi connectivity index (χ1n) is 7.65. The van der Waals surface area contributed by atoms with E-state index in [0.717, 1.165) is 6.42 Å². The zero-order chi connectivity index (χ0) is 15.5. The van der Waals surface area contributed by atoms with Gasteiger partial charge in [0.25, 0.3) is 0 Å². The average Bonchev–Trinajstić information content (AvgIpc) is 3.19. The number of ether oxygens (including phenoxy) is 1. The number of nitrogens with one attached hydrogen (secondary N) is 1. The Balaban J connectivity index is 1.82. The third-order valence-corrected chi connectivity index (χ3v) is 3.46. The zero-order valence-electron chi connectivity index (χ0n) is 13.2. The normalized spacial score (nSPS) is 16.4. The van der Waals surface area contributed by atoms with Crippen LogP contribution < -0.4 is 11.1 Å². The Morgan fingerprint density at radius 2 is 2.05 bits per heavy atom. The summed E-state index contributed by atoms with van der Waals surface area (Å²) in [5, 5.41) is 2.74. The molecule has 1 fully saturated rings. The van der Waals surface area contributed by atoms with Crippen molar-refractivity contribution in [1.29, 1.82) is 0 Å². The summed E-state index contributed by atoms with van der Waals surface area (Å²) in [6, 6.07) is 8.37. The zero-order valence-corrected chi connectivity index (χ0v) is 13.2. The van der Waals surface area contributed by atoms with Gasteiger partial charge in [0.15, 0.2) is 0 Å². The lowest BCUT2D eigenvalue weighted by molar-refractivity contribution is 0.0524. The first-order valence-corrected chi connectivity index (χ1v) is 7.65. The van der Waals surface area contributed by atoms with Gasteiger partial charge >= 0.3 is 6.09 Å². The molecular formula is C17H26N2O2. The summed E-state index contributed by atoms with van der Waals surface area (Å²) >= 11 is 0. The minimum absolute atomic E-state index is 0.0996. The van der Waals surface area contributed by atoms with Gasteiger partial charge in [0, 0.05) is 12.6 Å². The Morgan fingerprint density at radius 1 is 1.38 bits per heavy atom. The quantitative estimate of drug-likeness (QED) is 0.876. The molecular weight excluding hydrogens is 264 g/mol. The molecule has 0 aromatic heterocycles. The molecule has 21 heavy (non-hydrogen) atoms. The van der Waals surface area contributed by atoms with Gasteiger partial charge in [0.05, 0.1) is 0 Å². The minimum atomic E-state index is -0.479. The van der Waals surface area contributed by atoms with Gasteiger partial charge in [-0.25, -0.2) is 4.79 Å². The molecule has 2 rings (SSSR count). The van der Waals surface area contributed by atoms with Crippen LogP contribution in [0.2, 0.25) is 0 Å². The maximum absolute atomic E-state index is 11.6. The Hall–Kier alpha value is -1.55. The second kappa shape index (κ2) is 6.48. The first-order chi connectivity index (χ1) is 9.85. The minimum Gasteiger partial charge on any atom is -0.444 e. The second-order valence-corrected chi connectivity index (χ2v) is 6.82.